The number of hydrogen-bond acceptors (Lipinski definition) is 2. The van der Waals surface area contributed by atoms with Gasteiger partial charge in [-0.05, 0) is 46.7 Å². The molecule has 2 bridgehead atoms. The molecule has 0 heterocycles. The number of nitrogens with one attached hydrogen (secondary N) is 1. The fraction of sp³-hybridized carbons (Fsp3) is 0.240. The van der Waals surface area contributed by atoms with E-state index in [1.807, 2.05) is 30.3 Å². The van der Waals surface area contributed by atoms with Gasteiger partial charge in [0.1, 0.15) is 5.75 Å². The number of carbonyl (C=O) groups is 1. The summed E-state index contributed by atoms with van der Waals surface area (Å²) in [7, 11) is 0. The molecular weight excluding hydrogens is 346 g/mol. The van der Waals surface area contributed by atoms with Crippen molar-refractivity contribution in [3.8, 4) is 5.75 Å². The molecule has 0 aliphatic heterocycles. The fourth-order valence-corrected chi connectivity index (χ4v) is 4.92. The zero-order valence-electron chi connectivity index (χ0n) is 15.7. The number of benzene rings is 3. The summed E-state index contributed by atoms with van der Waals surface area (Å²) in [4.78, 5) is 12.3. The molecule has 1 N–H and O–H groups in total. The SMILES string of the molecule is O=C(COc1ccccc1)NCC1CC2c3ccccc3C1c1ccccc12. The van der Waals surface area contributed by atoms with Crippen molar-refractivity contribution in [1.82, 2.24) is 5.32 Å². The first-order chi connectivity index (χ1) is 13.8. The molecule has 0 saturated carbocycles. The Morgan fingerprint density at radius 2 is 1.39 bits per heavy atom. The first-order valence-corrected chi connectivity index (χ1v) is 9.93. The molecule has 3 aromatic rings. The fourth-order valence-electron chi connectivity index (χ4n) is 4.92. The standard InChI is InChI=1S/C25H23NO2/c27-24(16-28-18-8-2-1-3-9-18)26-15-17-14-23-19-10-4-6-12-21(19)25(17)22-13-7-5-11-20(22)23/h1-13,17,23,25H,14-16H2,(H,26,27). The van der Waals surface area contributed by atoms with Gasteiger partial charge in [-0.3, -0.25) is 4.79 Å². The van der Waals surface area contributed by atoms with Gasteiger partial charge in [0.2, 0.25) is 0 Å². The predicted octanol–water partition coefficient (Wildman–Crippen LogP) is 4.48. The molecule has 1 amide bonds. The summed E-state index contributed by atoms with van der Waals surface area (Å²) in [6.07, 6.45) is 1.08. The number of para-hydroxylation sites is 1. The van der Waals surface area contributed by atoms with Crippen molar-refractivity contribution < 1.29 is 9.53 Å². The third-order valence-corrected chi connectivity index (χ3v) is 6.10. The van der Waals surface area contributed by atoms with Gasteiger partial charge in [0.15, 0.2) is 6.61 Å². The second-order valence-corrected chi connectivity index (χ2v) is 7.69. The lowest BCUT2D eigenvalue weighted by Gasteiger charge is -2.45. The van der Waals surface area contributed by atoms with Crippen LogP contribution in [0.15, 0.2) is 78.9 Å². The van der Waals surface area contributed by atoms with Crippen LogP contribution in [0.5, 0.6) is 5.75 Å². The Balaban J connectivity index is 1.30. The predicted molar refractivity (Wildman–Crippen MR) is 110 cm³/mol. The van der Waals surface area contributed by atoms with Crippen molar-refractivity contribution in [2.45, 2.75) is 18.3 Å². The molecule has 3 aliphatic carbocycles. The van der Waals surface area contributed by atoms with E-state index in [1.54, 1.807) is 0 Å². The molecule has 1 unspecified atom stereocenters. The van der Waals surface area contributed by atoms with Crippen molar-refractivity contribution in [3.05, 3.63) is 101 Å². The van der Waals surface area contributed by atoms with Crippen LogP contribution in [0, 0.1) is 5.92 Å². The zero-order valence-corrected chi connectivity index (χ0v) is 15.7. The van der Waals surface area contributed by atoms with Crippen LogP contribution in [0.1, 0.15) is 40.5 Å². The second-order valence-electron chi connectivity index (χ2n) is 7.69. The Bertz CT molecular complexity index is 951. The number of rotatable bonds is 5. The maximum atomic E-state index is 12.3. The average Bonchev–Trinajstić information content (AvgIpc) is 2.77. The van der Waals surface area contributed by atoms with Gasteiger partial charge in [-0.25, -0.2) is 0 Å². The van der Waals surface area contributed by atoms with Crippen molar-refractivity contribution in [3.63, 3.8) is 0 Å². The van der Waals surface area contributed by atoms with E-state index in [-0.39, 0.29) is 12.5 Å². The first-order valence-electron chi connectivity index (χ1n) is 9.93. The summed E-state index contributed by atoms with van der Waals surface area (Å²) in [5.41, 5.74) is 5.77. The molecule has 0 radical (unpaired) electrons. The largest absolute Gasteiger partial charge is 0.484 e. The highest BCUT2D eigenvalue weighted by molar-refractivity contribution is 5.77. The summed E-state index contributed by atoms with van der Waals surface area (Å²) in [6.45, 7) is 0.735. The summed E-state index contributed by atoms with van der Waals surface area (Å²) < 4.78 is 5.57. The topological polar surface area (TPSA) is 38.3 Å². The van der Waals surface area contributed by atoms with Crippen LogP contribution in [0.3, 0.4) is 0 Å². The minimum Gasteiger partial charge on any atom is -0.484 e. The Hall–Kier alpha value is -3.07. The Labute approximate surface area is 165 Å². The Kier molecular flexibility index (Phi) is 4.36. The normalized spacial score (nSPS) is 21.5. The average molecular weight is 369 g/mol. The van der Waals surface area contributed by atoms with Crippen LogP contribution in [0.4, 0.5) is 0 Å². The van der Waals surface area contributed by atoms with Crippen LogP contribution in [-0.4, -0.2) is 19.1 Å². The maximum absolute atomic E-state index is 12.3. The van der Waals surface area contributed by atoms with Gasteiger partial charge in [0, 0.05) is 18.4 Å². The molecule has 3 aliphatic rings. The Morgan fingerprint density at radius 3 is 2.04 bits per heavy atom. The highest BCUT2D eigenvalue weighted by Gasteiger charge is 2.42. The molecule has 3 heteroatoms. The van der Waals surface area contributed by atoms with Gasteiger partial charge in [0.05, 0.1) is 0 Å². The van der Waals surface area contributed by atoms with E-state index in [1.165, 1.54) is 22.3 Å². The van der Waals surface area contributed by atoms with Crippen molar-refractivity contribution in [2.75, 3.05) is 13.2 Å². The highest BCUT2D eigenvalue weighted by atomic mass is 16.5. The van der Waals surface area contributed by atoms with Gasteiger partial charge in [-0.1, -0.05) is 66.7 Å². The van der Waals surface area contributed by atoms with Gasteiger partial charge < -0.3 is 10.1 Å². The number of fused-ring (bicyclic) bond motifs is 1. The van der Waals surface area contributed by atoms with E-state index < -0.39 is 0 Å². The van der Waals surface area contributed by atoms with Crippen molar-refractivity contribution in [1.29, 1.82) is 0 Å². The van der Waals surface area contributed by atoms with Gasteiger partial charge in [-0.15, -0.1) is 0 Å². The van der Waals surface area contributed by atoms with E-state index in [9.17, 15) is 4.79 Å². The molecule has 0 fully saturated rings. The van der Waals surface area contributed by atoms with Crippen LogP contribution in [-0.2, 0) is 4.79 Å². The molecule has 1 atom stereocenters. The lowest BCUT2D eigenvalue weighted by atomic mass is 9.59. The minimum atomic E-state index is -0.0631. The summed E-state index contributed by atoms with van der Waals surface area (Å²) in [5, 5.41) is 3.11. The minimum absolute atomic E-state index is 0.0536. The molecule has 0 aromatic heterocycles. The molecule has 6 rings (SSSR count). The number of hydrogen-bond donors (Lipinski definition) is 1. The van der Waals surface area contributed by atoms with E-state index in [4.69, 9.17) is 4.74 Å². The molecular formula is C25H23NO2. The highest BCUT2D eigenvalue weighted by Crippen LogP contribution is 2.55. The quantitative estimate of drug-likeness (QED) is 0.720. The summed E-state index contributed by atoms with van der Waals surface area (Å²) in [5.74, 6) is 1.85. The molecule has 3 nitrogen and oxygen atoms in total. The van der Waals surface area contributed by atoms with E-state index in [0.29, 0.717) is 24.3 Å². The molecule has 140 valence electrons. The lowest BCUT2D eigenvalue weighted by Crippen LogP contribution is -2.40. The molecule has 28 heavy (non-hydrogen) atoms. The monoisotopic (exact) mass is 369 g/mol. The molecule has 0 spiro atoms. The van der Waals surface area contributed by atoms with Crippen LogP contribution in [0.25, 0.3) is 0 Å². The van der Waals surface area contributed by atoms with Gasteiger partial charge in [-0.2, -0.15) is 0 Å². The van der Waals surface area contributed by atoms with Gasteiger partial charge >= 0.3 is 0 Å². The van der Waals surface area contributed by atoms with E-state index in [0.717, 1.165) is 12.2 Å². The second kappa shape index (κ2) is 7.16. The zero-order chi connectivity index (χ0) is 18.9. The maximum Gasteiger partial charge on any atom is 0.257 e. The molecule has 3 aromatic carbocycles. The Morgan fingerprint density at radius 1 is 0.821 bits per heavy atom. The third kappa shape index (κ3) is 2.97. The van der Waals surface area contributed by atoms with Crippen LogP contribution < -0.4 is 10.1 Å². The van der Waals surface area contributed by atoms with Crippen molar-refractivity contribution in [2.24, 2.45) is 5.92 Å². The smallest absolute Gasteiger partial charge is 0.257 e. The van der Waals surface area contributed by atoms with E-state index in [2.05, 4.69) is 53.8 Å². The van der Waals surface area contributed by atoms with Crippen molar-refractivity contribution >= 4 is 5.91 Å². The lowest BCUT2D eigenvalue weighted by molar-refractivity contribution is -0.123. The molecule has 0 saturated heterocycles. The third-order valence-electron chi connectivity index (χ3n) is 6.10. The van der Waals surface area contributed by atoms with Crippen LogP contribution in [0.2, 0.25) is 0 Å². The van der Waals surface area contributed by atoms with Gasteiger partial charge in [0.25, 0.3) is 5.91 Å². The number of ether oxygens (including phenoxy) is 1. The summed E-state index contributed by atoms with van der Waals surface area (Å²) in [6, 6.07) is 27.1. The number of amides is 1. The number of carbonyl (C=O) groups excluding carboxylic acids is 1. The van der Waals surface area contributed by atoms with Crippen LogP contribution >= 0.6 is 0 Å². The first kappa shape index (κ1) is 17.1. The van der Waals surface area contributed by atoms with E-state index >= 15 is 0 Å². The summed E-state index contributed by atoms with van der Waals surface area (Å²) >= 11 is 0.